The quantitative estimate of drug-likeness (QED) is 0.529. The summed E-state index contributed by atoms with van der Waals surface area (Å²) in [5, 5.41) is 3.25. The number of carbonyl (C=O) groups is 1. The number of hydrogen-bond acceptors (Lipinski definition) is 4. The fraction of sp³-hybridized carbons (Fsp3) is 0.909. The minimum atomic E-state index is -0.437. The van der Waals surface area contributed by atoms with Crippen molar-refractivity contribution < 1.29 is 14.3 Å². The standard InChI is InChI=1S/C11H21NO3/c1-4-15-10(13)11(7-9(2)8-11)12-5-6-14-3/h9,12H,4-8H2,1-3H3. The van der Waals surface area contributed by atoms with Crippen LogP contribution in [0.25, 0.3) is 0 Å². The lowest BCUT2D eigenvalue weighted by Crippen LogP contribution is -2.61. The van der Waals surface area contributed by atoms with Crippen LogP contribution in [-0.4, -0.2) is 38.4 Å². The summed E-state index contributed by atoms with van der Waals surface area (Å²) in [7, 11) is 1.65. The molecule has 0 aliphatic heterocycles. The minimum absolute atomic E-state index is 0.112. The molecule has 0 spiro atoms. The molecule has 1 aliphatic rings. The number of rotatable bonds is 6. The van der Waals surface area contributed by atoms with Gasteiger partial charge in [0, 0.05) is 13.7 Å². The normalized spacial score (nSPS) is 29.7. The lowest BCUT2D eigenvalue weighted by molar-refractivity contribution is -0.157. The third kappa shape index (κ3) is 2.92. The van der Waals surface area contributed by atoms with E-state index in [0.717, 1.165) is 12.8 Å². The summed E-state index contributed by atoms with van der Waals surface area (Å²) in [6.07, 6.45) is 1.74. The molecule has 88 valence electrons. The highest BCUT2D eigenvalue weighted by Crippen LogP contribution is 2.38. The zero-order valence-electron chi connectivity index (χ0n) is 9.84. The van der Waals surface area contributed by atoms with Crippen LogP contribution in [0.4, 0.5) is 0 Å². The molecule has 4 heteroatoms. The van der Waals surface area contributed by atoms with Gasteiger partial charge in [0.15, 0.2) is 0 Å². The largest absolute Gasteiger partial charge is 0.465 e. The molecule has 0 atom stereocenters. The monoisotopic (exact) mass is 215 g/mol. The van der Waals surface area contributed by atoms with Gasteiger partial charge in [0.05, 0.1) is 13.2 Å². The van der Waals surface area contributed by atoms with E-state index in [9.17, 15) is 4.79 Å². The Morgan fingerprint density at radius 1 is 1.53 bits per heavy atom. The van der Waals surface area contributed by atoms with E-state index in [2.05, 4.69) is 12.2 Å². The summed E-state index contributed by atoms with van der Waals surface area (Å²) in [5.41, 5.74) is -0.437. The highest BCUT2D eigenvalue weighted by Gasteiger charge is 2.49. The Morgan fingerprint density at radius 2 is 2.20 bits per heavy atom. The Morgan fingerprint density at radius 3 is 2.67 bits per heavy atom. The van der Waals surface area contributed by atoms with Crippen molar-refractivity contribution in [1.29, 1.82) is 0 Å². The summed E-state index contributed by atoms with van der Waals surface area (Å²) in [6, 6.07) is 0. The van der Waals surface area contributed by atoms with E-state index in [0.29, 0.717) is 25.7 Å². The van der Waals surface area contributed by atoms with Crippen molar-refractivity contribution in [3.63, 3.8) is 0 Å². The molecule has 0 aromatic heterocycles. The SMILES string of the molecule is CCOC(=O)C1(NCCOC)CC(C)C1. The minimum Gasteiger partial charge on any atom is -0.465 e. The molecule has 0 unspecified atom stereocenters. The van der Waals surface area contributed by atoms with Crippen molar-refractivity contribution in [2.75, 3.05) is 26.9 Å². The fourth-order valence-electron chi connectivity index (χ4n) is 2.17. The van der Waals surface area contributed by atoms with E-state index in [-0.39, 0.29) is 5.97 Å². The van der Waals surface area contributed by atoms with Gasteiger partial charge in [-0.3, -0.25) is 10.1 Å². The topological polar surface area (TPSA) is 47.6 Å². The first-order valence-electron chi connectivity index (χ1n) is 5.56. The molecule has 1 aliphatic carbocycles. The van der Waals surface area contributed by atoms with Crippen LogP contribution in [0.5, 0.6) is 0 Å². The Bertz CT molecular complexity index is 212. The van der Waals surface area contributed by atoms with Crippen LogP contribution in [0.15, 0.2) is 0 Å². The van der Waals surface area contributed by atoms with Crippen molar-refractivity contribution in [2.24, 2.45) is 5.92 Å². The van der Waals surface area contributed by atoms with Crippen LogP contribution < -0.4 is 5.32 Å². The van der Waals surface area contributed by atoms with Crippen LogP contribution in [0.1, 0.15) is 26.7 Å². The molecule has 0 aromatic rings. The maximum atomic E-state index is 11.8. The predicted octanol–water partition coefficient (Wildman–Crippen LogP) is 0.954. The average molecular weight is 215 g/mol. The summed E-state index contributed by atoms with van der Waals surface area (Å²) < 4.78 is 10.0. The van der Waals surface area contributed by atoms with Crippen LogP contribution in [-0.2, 0) is 14.3 Å². The van der Waals surface area contributed by atoms with Gasteiger partial charge in [0.2, 0.25) is 0 Å². The van der Waals surface area contributed by atoms with Gasteiger partial charge in [-0.25, -0.2) is 0 Å². The molecule has 1 saturated carbocycles. The molecule has 1 N–H and O–H groups in total. The number of nitrogens with one attached hydrogen (secondary N) is 1. The number of methoxy groups -OCH3 is 1. The van der Waals surface area contributed by atoms with Crippen molar-refractivity contribution >= 4 is 5.97 Å². The Labute approximate surface area is 91.3 Å². The molecule has 0 bridgehead atoms. The Kier molecular flexibility index (Phi) is 4.54. The van der Waals surface area contributed by atoms with E-state index >= 15 is 0 Å². The van der Waals surface area contributed by atoms with Crippen molar-refractivity contribution in [3.05, 3.63) is 0 Å². The molecule has 0 heterocycles. The van der Waals surface area contributed by atoms with Gasteiger partial charge in [-0.15, -0.1) is 0 Å². The molecule has 0 aromatic carbocycles. The summed E-state index contributed by atoms with van der Waals surface area (Å²) in [4.78, 5) is 11.8. The van der Waals surface area contributed by atoms with E-state index in [1.807, 2.05) is 6.92 Å². The van der Waals surface area contributed by atoms with Gasteiger partial charge < -0.3 is 9.47 Å². The molecule has 15 heavy (non-hydrogen) atoms. The first-order chi connectivity index (χ1) is 7.14. The van der Waals surface area contributed by atoms with Gasteiger partial charge >= 0.3 is 5.97 Å². The third-order valence-electron chi connectivity index (χ3n) is 2.83. The summed E-state index contributed by atoms with van der Waals surface area (Å²) in [6.45, 7) is 5.75. The number of ether oxygens (including phenoxy) is 2. The second-order valence-corrected chi connectivity index (χ2v) is 4.24. The molecular weight excluding hydrogens is 194 g/mol. The fourth-order valence-corrected chi connectivity index (χ4v) is 2.17. The van der Waals surface area contributed by atoms with E-state index in [4.69, 9.17) is 9.47 Å². The zero-order valence-corrected chi connectivity index (χ0v) is 9.84. The van der Waals surface area contributed by atoms with E-state index in [1.165, 1.54) is 0 Å². The average Bonchev–Trinajstić information content (AvgIpc) is 2.15. The van der Waals surface area contributed by atoms with Crippen LogP contribution in [0.2, 0.25) is 0 Å². The van der Waals surface area contributed by atoms with Crippen molar-refractivity contribution in [3.8, 4) is 0 Å². The van der Waals surface area contributed by atoms with Gasteiger partial charge in [-0.2, -0.15) is 0 Å². The van der Waals surface area contributed by atoms with Gasteiger partial charge in [0.25, 0.3) is 0 Å². The first-order valence-corrected chi connectivity index (χ1v) is 5.56. The van der Waals surface area contributed by atoms with Crippen molar-refractivity contribution in [2.45, 2.75) is 32.2 Å². The molecule has 0 saturated heterocycles. The van der Waals surface area contributed by atoms with Crippen LogP contribution >= 0.6 is 0 Å². The number of esters is 1. The summed E-state index contributed by atoms with van der Waals surface area (Å²) in [5.74, 6) is 0.489. The van der Waals surface area contributed by atoms with E-state index < -0.39 is 5.54 Å². The van der Waals surface area contributed by atoms with Crippen LogP contribution in [0, 0.1) is 5.92 Å². The van der Waals surface area contributed by atoms with Crippen LogP contribution in [0.3, 0.4) is 0 Å². The lowest BCUT2D eigenvalue weighted by atomic mass is 9.69. The Hall–Kier alpha value is -0.610. The van der Waals surface area contributed by atoms with Crippen molar-refractivity contribution in [1.82, 2.24) is 5.32 Å². The predicted molar refractivity (Wildman–Crippen MR) is 57.6 cm³/mol. The van der Waals surface area contributed by atoms with Gasteiger partial charge in [-0.05, 0) is 25.7 Å². The van der Waals surface area contributed by atoms with Gasteiger partial charge in [-0.1, -0.05) is 6.92 Å². The highest BCUT2D eigenvalue weighted by molar-refractivity contribution is 5.82. The van der Waals surface area contributed by atoms with E-state index in [1.54, 1.807) is 7.11 Å². The Balaban J connectivity index is 2.44. The van der Waals surface area contributed by atoms with Gasteiger partial charge in [0.1, 0.15) is 5.54 Å². The molecule has 0 radical (unpaired) electrons. The second-order valence-electron chi connectivity index (χ2n) is 4.24. The first kappa shape index (κ1) is 12.5. The second kappa shape index (κ2) is 5.47. The molecule has 4 nitrogen and oxygen atoms in total. The molecular formula is C11H21NO3. The highest BCUT2D eigenvalue weighted by atomic mass is 16.5. The number of carbonyl (C=O) groups excluding carboxylic acids is 1. The smallest absolute Gasteiger partial charge is 0.326 e. The third-order valence-corrected chi connectivity index (χ3v) is 2.83. The maximum absolute atomic E-state index is 11.8. The molecule has 1 fully saturated rings. The molecule has 0 amide bonds. The molecule has 1 rings (SSSR count). The summed E-state index contributed by atoms with van der Waals surface area (Å²) >= 11 is 0. The maximum Gasteiger partial charge on any atom is 0.326 e. The number of hydrogen-bond donors (Lipinski definition) is 1. The lowest BCUT2D eigenvalue weighted by Gasteiger charge is -2.44. The zero-order chi connectivity index (χ0) is 11.3.